The van der Waals surface area contributed by atoms with E-state index in [1.807, 2.05) is 6.20 Å². The van der Waals surface area contributed by atoms with Crippen molar-refractivity contribution < 1.29 is 0 Å². The van der Waals surface area contributed by atoms with Crippen molar-refractivity contribution in [1.29, 1.82) is 0 Å². The topological polar surface area (TPSA) is 24.9 Å². The van der Waals surface area contributed by atoms with Crippen molar-refractivity contribution >= 4 is 0 Å². The van der Waals surface area contributed by atoms with Gasteiger partial charge in [-0.25, -0.2) is 0 Å². The van der Waals surface area contributed by atoms with E-state index in [0.717, 1.165) is 17.8 Å². The molecule has 0 aromatic carbocycles. The lowest BCUT2D eigenvalue weighted by molar-refractivity contribution is 0.119. The first-order valence-electron chi connectivity index (χ1n) is 8.23. The molecule has 2 aliphatic carbocycles. The maximum atomic E-state index is 4.73. The maximum Gasteiger partial charge on any atom is 0.0469 e. The zero-order chi connectivity index (χ0) is 14.2. The van der Waals surface area contributed by atoms with Gasteiger partial charge in [-0.3, -0.25) is 4.98 Å². The highest BCUT2D eigenvalue weighted by molar-refractivity contribution is 5.27. The van der Waals surface area contributed by atoms with Crippen LogP contribution in [0.25, 0.3) is 0 Å². The van der Waals surface area contributed by atoms with Crippen LogP contribution in [0.2, 0.25) is 0 Å². The SMILES string of the molecule is CC(C)(C)NCC1CCC1C1CCCc2cccnc21. The van der Waals surface area contributed by atoms with Gasteiger partial charge >= 0.3 is 0 Å². The number of fused-ring (bicyclic) bond motifs is 1. The summed E-state index contributed by atoms with van der Waals surface area (Å²) in [5.74, 6) is 2.44. The quantitative estimate of drug-likeness (QED) is 0.902. The first-order chi connectivity index (χ1) is 9.54. The number of rotatable bonds is 3. The fourth-order valence-electron chi connectivity index (χ4n) is 3.88. The number of hydrogen-bond donors (Lipinski definition) is 1. The summed E-state index contributed by atoms with van der Waals surface area (Å²) in [5, 5.41) is 3.70. The second-order valence-corrected chi connectivity index (χ2v) is 7.68. The van der Waals surface area contributed by atoms with Gasteiger partial charge in [-0.1, -0.05) is 6.07 Å². The van der Waals surface area contributed by atoms with Crippen molar-refractivity contribution in [3.05, 3.63) is 29.6 Å². The van der Waals surface area contributed by atoms with Crippen LogP contribution in [0.3, 0.4) is 0 Å². The zero-order valence-corrected chi connectivity index (χ0v) is 13.2. The fraction of sp³-hybridized carbons (Fsp3) is 0.722. The molecule has 3 unspecified atom stereocenters. The Morgan fingerprint density at radius 1 is 1.25 bits per heavy atom. The second kappa shape index (κ2) is 5.48. The van der Waals surface area contributed by atoms with E-state index in [1.54, 1.807) is 0 Å². The third-order valence-corrected chi connectivity index (χ3v) is 5.13. The van der Waals surface area contributed by atoms with Crippen LogP contribution in [0.4, 0.5) is 0 Å². The predicted molar refractivity (Wildman–Crippen MR) is 83.9 cm³/mol. The molecule has 0 bridgehead atoms. The predicted octanol–water partition coefficient (Wildman–Crippen LogP) is 3.92. The molecule has 0 aliphatic heterocycles. The monoisotopic (exact) mass is 272 g/mol. The van der Waals surface area contributed by atoms with E-state index >= 15 is 0 Å². The van der Waals surface area contributed by atoms with Crippen LogP contribution in [0, 0.1) is 11.8 Å². The van der Waals surface area contributed by atoms with Crippen LogP contribution in [-0.4, -0.2) is 17.1 Å². The molecule has 1 N–H and O–H groups in total. The van der Waals surface area contributed by atoms with Crippen LogP contribution in [0.1, 0.15) is 63.6 Å². The molecule has 1 aromatic rings. The normalized spacial score (nSPS) is 29.6. The number of aryl methyl sites for hydroxylation is 1. The summed E-state index contributed by atoms with van der Waals surface area (Å²) < 4.78 is 0. The van der Waals surface area contributed by atoms with Crippen LogP contribution < -0.4 is 5.32 Å². The number of pyridine rings is 1. The molecule has 3 atom stereocenters. The van der Waals surface area contributed by atoms with Crippen LogP contribution in [-0.2, 0) is 6.42 Å². The molecule has 0 spiro atoms. The summed E-state index contributed by atoms with van der Waals surface area (Å²) in [6, 6.07) is 4.39. The molecule has 3 rings (SSSR count). The molecule has 1 heterocycles. The summed E-state index contributed by atoms with van der Waals surface area (Å²) in [6.45, 7) is 7.96. The highest BCUT2D eigenvalue weighted by atomic mass is 14.9. The van der Waals surface area contributed by atoms with E-state index < -0.39 is 0 Å². The lowest BCUT2D eigenvalue weighted by Crippen LogP contribution is -2.45. The second-order valence-electron chi connectivity index (χ2n) is 7.68. The Bertz CT molecular complexity index is 461. The number of aromatic nitrogens is 1. The Balaban J connectivity index is 1.68. The lowest BCUT2D eigenvalue weighted by atomic mass is 9.63. The maximum absolute atomic E-state index is 4.73. The molecule has 1 fully saturated rings. The van der Waals surface area contributed by atoms with Gasteiger partial charge in [0.15, 0.2) is 0 Å². The molecule has 2 nitrogen and oxygen atoms in total. The number of hydrogen-bond acceptors (Lipinski definition) is 2. The average Bonchev–Trinajstić information content (AvgIpc) is 2.37. The van der Waals surface area contributed by atoms with Crippen molar-refractivity contribution in [3.63, 3.8) is 0 Å². The van der Waals surface area contributed by atoms with Gasteiger partial charge in [0.2, 0.25) is 0 Å². The molecule has 1 saturated carbocycles. The van der Waals surface area contributed by atoms with Gasteiger partial charge in [0.1, 0.15) is 0 Å². The zero-order valence-electron chi connectivity index (χ0n) is 13.2. The summed E-state index contributed by atoms with van der Waals surface area (Å²) in [7, 11) is 0. The van der Waals surface area contributed by atoms with Gasteiger partial charge in [0, 0.05) is 23.3 Å². The Kier molecular flexibility index (Phi) is 3.85. The summed E-state index contributed by atoms with van der Waals surface area (Å²) in [6.07, 6.45) is 8.71. The largest absolute Gasteiger partial charge is 0.312 e. The Morgan fingerprint density at radius 2 is 2.10 bits per heavy atom. The highest BCUT2D eigenvalue weighted by Crippen LogP contribution is 2.48. The van der Waals surface area contributed by atoms with Crippen LogP contribution >= 0.6 is 0 Å². The van der Waals surface area contributed by atoms with Gasteiger partial charge in [-0.05, 0) is 82.9 Å². The van der Waals surface area contributed by atoms with Gasteiger partial charge in [-0.2, -0.15) is 0 Å². The molecule has 2 aliphatic rings. The van der Waals surface area contributed by atoms with Crippen LogP contribution in [0.5, 0.6) is 0 Å². The first kappa shape index (κ1) is 14.1. The Labute approximate surface area is 123 Å². The summed E-state index contributed by atoms with van der Waals surface area (Å²) >= 11 is 0. The van der Waals surface area contributed by atoms with E-state index in [1.165, 1.54) is 49.9 Å². The Hall–Kier alpha value is -0.890. The highest BCUT2D eigenvalue weighted by Gasteiger charge is 2.39. The molecule has 110 valence electrons. The molecule has 0 saturated heterocycles. The third kappa shape index (κ3) is 2.90. The molecular weight excluding hydrogens is 244 g/mol. The molecule has 1 aromatic heterocycles. The summed E-state index contributed by atoms with van der Waals surface area (Å²) in [5.41, 5.74) is 3.17. The minimum Gasteiger partial charge on any atom is -0.312 e. The van der Waals surface area contributed by atoms with E-state index in [4.69, 9.17) is 4.98 Å². The minimum absolute atomic E-state index is 0.239. The van der Waals surface area contributed by atoms with Crippen molar-refractivity contribution in [2.45, 2.75) is 64.3 Å². The lowest BCUT2D eigenvalue weighted by Gasteiger charge is -2.44. The number of nitrogens with one attached hydrogen (secondary N) is 1. The van der Waals surface area contributed by atoms with Gasteiger partial charge in [0.05, 0.1) is 0 Å². The smallest absolute Gasteiger partial charge is 0.0469 e. The minimum atomic E-state index is 0.239. The Morgan fingerprint density at radius 3 is 2.80 bits per heavy atom. The first-order valence-corrected chi connectivity index (χ1v) is 8.23. The average molecular weight is 272 g/mol. The van der Waals surface area contributed by atoms with Crippen LogP contribution in [0.15, 0.2) is 18.3 Å². The van der Waals surface area contributed by atoms with Crippen molar-refractivity contribution in [2.24, 2.45) is 11.8 Å². The van der Waals surface area contributed by atoms with E-state index in [9.17, 15) is 0 Å². The van der Waals surface area contributed by atoms with E-state index in [2.05, 4.69) is 38.2 Å². The molecule has 20 heavy (non-hydrogen) atoms. The van der Waals surface area contributed by atoms with Gasteiger partial charge < -0.3 is 5.32 Å². The van der Waals surface area contributed by atoms with Gasteiger partial charge in [0.25, 0.3) is 0 Å². The molecule has 2 heteroatoms. The third-order valence-electron chi connectivity index (χ3n) is 5.13. The van der Waals surface area contributed by atoms with E-state index in [0.29, 0.717) is 0 Å². The van der Waals surface area contributed by atoms with Crippen molar-refractivity contribution in [1.82, 2.24) is 10.3 Å². The van der Waals surface area contributed by atoms with Crippen molar-refractivity contribution in [3.8, 4) is 0 Å². The van der Waals surface area contributed by atoms with E-state index in [-0.39, 0.29) is 5.54 Å². The molecule has 0 radical (unpaired) electrons. The van der Waals surface area contributed by atoms with Crippen molar-refractivity contribution in [2.75, 3.05) is 6.54 Å². The fourth-order valence-corrected chi connectivity index (χ4v) is 3.88. The summed E-state index contributed by atoms with van der Waals surface area (Å²) in [4.78, 5) is 4.73. The van der Waals surface area contributed by atoms with Gasteiger partial charge in [-0.15, -0.1) is 0 Å². The molecule has 0 amide bonds. The number of nitrogens with zero attached hydrogens (tertiary/aromatic N) is 1. The molecular formula is C18H28N2. The standard InChI is InChI=1S/C18H28N2/c1-18(2,3)20-12-14-9-10-15(14)16-8-4-6-13-7-5-11-19-17(13)16/h5,7,11,14-16,20H,4,6,8-10,12H2,1-3H3.